The summed E-state index contributed by atoms with van der Waals surface area (Å²) < 4.78 is 9.66. The van der Waals surface area contributed by atoms with Crippen LogP contribution in [0, 0.1) is 0 Å². The Morgan fingerprint density at radius 1 is 0.271 bits per heavy atom. The Morgan fingerprint density at radius 2 is 0.792 bits per heavy atom. The summed E-state index contributed by atoms with van der Waals surface area (Å²) in [7, 11) is 0. The van der Waals surface area contributed by atoms with E-state index in [1.807, 2.05) is 0 Å². The van der Waals surface area contributed by atoms with Crippen molar-refractivity contribution in [3.05, 3.63) is 170 Å². The lowest BCUT2D eigenvalue weighted by Crippen LogP contribution is -1.96. The van der Waals surface area contributed by atoms with E-state index in [9.17, 15) is 0 Å². The highest BCUT2D eigenvalue weighted by molar-refractivity contribution is 6.19. The Hall–Kier alpha value is -6.52. The summed E-state index contributed by atoms with van der Waals surface area (Å²) in [5, 5.41) is 6.24. The van der Waals surface area contributed by atoms with Crippen molar-refractivity contribution < 1.29 is 0 Å². The molecule has 4 nitrogen and oxygen atoms in total. The first-order valence-electron chi connectivity index (χ1n) is 16.5. The Balaban J connectivity index is 1.26. The number of rotatable bonds is 3. The zero-order valence-corrected chi connectivity index (χ0v) is 26.0. The monoisotopic (exact) mass is 612 g/mol. The van der Waals surface area contributed by atoms with Crippen molar-refractivity contribution in [3.8, 4) is 17.1 Å². The molecule has 0 aliphatic heterocycles. The van der Waals surface area contributed by atoms with Crippen molar-refractivity contribution >= 4 is 71.2 Å². The van der Waals surface area contributed by atoms with Gasteiger partial charge in [-0.3, -0.25) is 8.97 Å². The molecule has 0 saturated heterocycles. The van der Waals surface area contributed by atoms with Crippen molar-refractivity contribution in [1.29, 1.82) is 0 Å². The molecule has 0 amide bonds. The van der Waals surface area contributed by atoms with E-state index < -0.39 is 0 Å². The summed E-state index contributed by atoms with van der Waals surface area (Å²) >= 11 is 0. The second-order valence-corrected chi connectivity index (χ2v) is 12.7. The van der Waals surface area contributed by atoms with Gasteiger partial charge in [0.15, 0.2) is 0 Å². The van der Waals surface area contributed by atoms with Crippen molar-refractivity contribution in [2.24, 2.45) is 0 Å². The molecule has 4 heteroatoms. The predicted molar refractivity (Wildman–Crippen MR) is 200 cm³/mol. The van der Waals surface area contributed by atoms with Gasteiger partial charge < -0.3 is 9.13 Å². The first-order chi connectivity index (χ1) is 23.8. The summed E-state index contributed by atoms with van der Waals surface area (Å²) in [6.07, 6.45) is 0. The maximum absolute atomic E-state index is 2.45. The first-order valence-corrected chi connectivity index (χ1v) is 16.5. The molecule has 7 aromatic carbocycles. The number of hydrogen-bond acceptors (Lipinski definition) is 0. The third-order valence-electron chi connectivity index (χ3n) is 10.1. The van der Waals surface area contributed by atoms with Gasteiger partial charge in [0, 0.05) is 44.0 Å². The average molecular weight is 613 g/mol. The number of nitrogens with zero attached hydrogens (tertiary/aromatic N) is 4. The average Bonchev–Trinajstić information content (AvgIpc) is 3.87. The zero-order chi connectivity index (χ0) is 31.3. The summed E-state index contributed by atoms with van der Waals surface area (Å²) in [6.45, 7) is 0. The summed E-state index contributed by atoms with van der Waals surface area (Å²) in [4.78, 5) is 0. The van der Waals surface area contributed by atoms with Gasteiger partial charge in [-0.1, -0.05) is 91.0 Å². The smallest absolute Gasteiger partial charge is 0.123 e. The Bertz CT molecular complexity index is 3040. The number of para-hydroxylation sites is 5. The molecule has 48 heavy (non-hydrogen) atoms. The number of imidazole rings is 1. The van der Waals surface area contributed by atoms with Crippen molar-refractivity contribution in [2.45, 2.75) is 0 Å². The van der Waals surface area contributed by atoms with E-state index in [1.54, 1.807) is 0 Å². The second-order valence-electron chi connectivity index (χ2n) is 12.7. The number of fused-ring (bicyclic) bond motifs is 11. The molecule has 11 rings (SSSR count). The van der Waals surface area contributed by atoms with Crippen LogP contribution in [-0.4, -0.2) is 18.1 Å². The highest BCUT2D eigenvalue weighted by Gasteiger charge is 2.20. The molecule has 0 saturated carbocycles. The molecule has 0 spiro atoms. The molecule has 0 atom stereocenters. The molecule has 0 radical (unpaired) electrons. The highest BCUT2D eigenvalue weighted by Crippen LogP contribution is 2.40. The fourth-order valence-corrected chi connectivity index (χ4v) is 8.11. The van der Waals surface area contributed by atoms with Gasteiger partial charge in [0.25, 0.3) is 0 Å². The fourth-order valence-electron chi connectivity index (χ4n) is 8.11. The minimum absolute atomic E-state index is 1.14. The molecular formula is C44H28N4. The van der Waals surface area contributed by atoms with E-state index in [0.29, 0.717) is 0 Å². The van der Waals surface area contributed by atoms with Crippen LogP contribution in [0.25, 0.3) is 88.3 Å². The third-order valence-corrected chi connectivity index (χ3v) is 10.1. The third kappa shape index (κ3) is 3.38. The van der Waals surface area contributed by atoms with Gasteiger partial charge in [0.05, 0.1) is 38.6 Å². The lowest BCUT2D eigenvalue weighted by Gasteiger charge is -2.10. The SMILES string of the molecule is c1ccc(-n2c3ccccc3c3cc4c(cc32)c2ccccc2n4-c2ccc3c(c2)n2c4ccccc4cc2n3-c2ccccc2)cc1. The van der Waals surface area contributed by atoms with Crippen LogP contribution < -0.4 is 0 Å². The predicted octanol–water partition coefficient (Wildman–Crippen LogP) is 11.2. The summed E-state index contributed by atoms with van der Waals surface area (Å²) in [5.41, 5.74) is 13.0. The number of aromatic nitrogens is 4. The van der Waals surface area contributed by atoms with Gasteiger partial charge in [-0.15, -0.1) is 0 Å². The number of benzene rings is 7. The molecule has 0 aliphatic carbocycles. The summed E-state index contributed by atoms with van der Waals surface area (Å²) in [5.74, 6) is 0. The molecule has 0 bridgehead atoms. The van der Waals surface area contributed by atoms with E-state index in [0.717, 1.165) is 17.0 Å². The van der Waals surface area contributed by atoms with Crippen molar-refractivity contribution in [1.82, 2.24) is 18.1 Å². The van der Waals surface area contributed by atoms with Crippen LogP contribution in [-0.2, 0) is 0 Å². The molecule has 4 heterocycles. The molecule has 0 fully saturated rings. The van der Waals surface area contributed by atoms with Crippen molar-refractivity contribution in [3.63, 3.8) is 0 Å². The van der Waals surface area contributed by atoms with E-state index >= 15 is 0 Å². The largest absolute Gasteiger partial charge is 0.309 e. The number of hydrogen-bond donors (Lipinski definition) is 0. The fraction of sp³-hybridized carbons (Fsp3) is 0. The highest BCUT2D eigenvalue weighted by atomic mass is 15.1. The van der Waals surface area contributed by atoms with Crippen LogP contribution in [0.2, 0.25) is 0 Å². The summed E-state index contributed by atoms with van der Waals surface area (Å²) in [6, 6.07) is 61.7. The van der Waals surface area contributed by atoms with Crippen LogP contribution in [0.1, 0.15) is 0 Å². The van der Waals surface area contributed by atoms with Crippen LogP contribution in [0.3, 0.4) is 0 Å². The van der Waals surface area contributed by atoms with E-state index in [1.165, 1.54) is 71.2 Å². The van der Waals surface area contributed by atoms with Gasteiger partial charge in [-0.2, -0.15) is 0 Å². The van der Waals surface area contributed by atoms with Gasteiger partial charge in [-0.05, 0) is 78.9 Å². The van der Waals surface area contributed by atoms with Gasteiger partial charge in [0.2, 0.25) is 0 Å². The van der Waals surface area contributed by atoms with Crippen LogP contribution in [0.15, 0.2) is 170 Å². The lowest BCUT2D eigenvalue weighted by atomic mass is 10.1. The van der Waals surface area contributed by atoms with Crippen LogP contribution >= 0.6 is 0 Å². The van der Waals surface area contributed by atoms with E-state index in [2.05, 4.69) is 188 Å². The van der Waals surface area contributed by atoms with Gasteiger partial charge in [0.1, 0.15) is 5.65 Å². The molecule has 0 N–H and O–H groups in total. The molecular weight excluding hydrogens is 585 g/mol. The molecule has 11 aromatic rings. The van der Waals surface area contributed by atoms with Crippen LogP contribution in [0.5, 0.6) is 0 Å². The van der Waals surface area contributed by atoms with Gasteiger partial charge in [-0.25, -0.2) is 0 Å². The standard InChI is InChI=1S/C44H28N4/c1-3-14-30(15-4-1)45-38-21-11-8-18-33(38)35-28-42-36(27-41(35)45)34-19-9-12-22-39(34)46(42)32-23-24-40-43(26-32)48-37-20-10-7-13-29(37)25-44(48)47(40)31-16-5-2-6-17-31/h1-28H. The van der Waals surface area contributed by atoms with E-state index in [4.69, 9.17) is 0 Å². The lowest BCUT2D eigenvalue weighted by molar-refractivity contribution is 1.15. The molecule has 0 aliphatic rings. The second kappa shape index (κ2) is 9.50. The quantitative estimate of drug-likeness (QED) is 0.189. The topological polar surface area (TPSA) is 19.2 Å². The van der Waals surface area contributed by atoms with Gasteiger partial charge >= 0.3 is 0 Å². The molecule has 224 valence electrons. The van der Waals surface area contributed by atoms with Crippen molar-refractivity contribution in [2.75, 3.05) is 0 Å². The molecule has 4 aromatic heterocycles. The minimum atomic E-state index is 1.14. The Morgan fingerprint density at radius 3 is 1.44 bits per heavy atom. The van der Waals surface area contributed by atoms with E-state index in [-0.39, 0.29) is 0 Å². The Labute approximate surface area is 275 Å². The Kier molecular flexibility index (Phi) is 5.08. The molecule has 0 unspecified atom stereocenters. The normalized spacial score (nSPS) is 12.2. The zero-order valence-electron chi connectivity index (χ0n) is 26.0. The maximum atomic E-state index is 2.45. The van der Waals surface area contributed by atoms with Crippen LogP contribution in [0.4, 0.5) is 0 Å². The maximum Gasteiger partial charge on any atom is 0.123 e. The minimum Gasteiger partial charge on any atom is -0.309 e. The first kappa shape index (κ1) is 25.6.